The minimum absolute atomic E-state index is 0.230. The van der Waals surface area contributed by atoms with Crippen molar-refractivity contribution in [2.24, 2.45) is 5.92 Å². The molecule has 0 radical (unpaired) electrons. The first kappa shape index (κ1) is 12.4. The van der Waals surface area contributed by atoms with E-state index in [2.05, 4.69) is 12.2 Å². The minimum atomic E-state index is -2.72. The van der Waals surface area contributed by atoms with Crippen LogP contribution in [-0.4, -0.2) is 32.0 Å². The fraction of sp³-hybridized carbons (Fsp3) is 1.00. The molecule has 1 aliphatic heterocycles. The lowest BCUT2D eigenvalue weighted by molar-refractivity contribution is 0.273. The Hall–Kier alpha value is -0.0900. The third kappa shape index (κ3) is 3.20. The van der Waals surface area contributed by atoms with Gasteiger partial charge in [-0.1, -0.05) is 13.3 Å². The predicted molar refractivity (Wildman–Crippen MR) is 66.2 cm³/mol. The Balaban J connectivity index is 1.75. The maximum Gasteiger partial charge on any atom is 0.151 e. The van der Waals surface area contributed by atoms with Gasteiger partial charge >= 0.3 is 0 Å². The second-order valence-electron chi connectivity index (χ2n) is 5.39. The van der Waals surface area contributed by atoms with Crippen molar-refractivity contribution < 1.29 is 8.42 Å². The van der Waals surface area contributed by atoms with Gasteiger partial charge in [-0.15, -0.1) is 0 Å². The van der Waals surface area contributed by atoms with Crippen LogP contribution in [0.15, 0.2) is 0 Å². The van der Waals surface area contributed by atoms with Crippen LogP contribution < -0.4 is 5.32 Å². The molecule has 3 nitrogen and oxygen atoms in total. The van der Waals surface area contributed by atoms with Crippen molar-refractivity contribution in [3.8, 4) is 0 Å². The van der Waals surface area contributed by atoms with Crippen molar-refractivity contribution in [1.29, 1.82) is 0 Å². The van der Waals surface area contributed by atoms with Gasteiger partial charge in [0.2, 0.25) is 0 Å². The van der Waals surface area contributed by atoms with Gasteiger partial charge < -0.3 is 5.32 Å². The molecule has 1 saturated carbocycles. The van der Waals surface area contributed by atoms with Crippen LogP contribution in [0.4, 0.5) is 0 Å². The third-order valence-corrected chi connectivity index (χ3v) is 5.90. The molecule has 2 rings (SSSR count). The molecule has 0 aromatic heterocycles. The summed E-state index contributed by atoms with van der Waals surface area (Å²) in [6, 6.07) is 0.800. The second-order valence-corrected chi connectivity index (χ2v) is 7.62. The highest BCUT2D eigenvalue weighted by Gasteiger charge is 2.30. The van der Waals surface area contributed by atoms with E-state index < -0.39 is 9.84 Å². The molecule has 94 valence electrons. The Kier molecular flexibility index (Phi) is 3.90. The van der Waals surface area contributed by atoms with E-state index >= 15 is 0 Å². The van der Waals surface area contributed by atoms with E-state index in [1.54, 1.807) is 0 Å². The molecule has 2 aliphatic rings. The van der Waals surface area contributed by atoms with Crippen LogP contribution in [0, 0.1) is 5.92 Å². The Morgan fingerprint density at radius 3 is 2.25 bits per heavy atom. The van der Waals surface area contributed by atoms with Crippen molar-refractivity contribution >= 4 is 9.84 Å². The average Bonchev–Trinajstić information content (AvgIpc) is 2.59. The highest BCUT2D eigenvalue weighted by molar-refractivity contribution is 7.91. The summed E-state index contributed by atoms with van der Waals surface area (Å²) in [5, 5.41) is 3.54. The van der Waals surface area contributed by atoms with Crippen molar-refractivity contribution in [2.75, 3.05) is 11.5 Å². The number of rotatable bonds is 3. The van der Waals surface area contributed by atoms with Gasteiger partial charge in [-0.05, 0) is 38.0 Å². The highest BCUT2D eigenvalue weighted by atomic mass is 32.2. The molecule has 1 saturated heterocycles. The van der Waals surface area contributed by atoms with Crippen molar-refractivity contribution in [3.05, 3.63) is 0 Å². The first-order valence-corrected chi connectivity index (χ1v) is 8.37. The van der Waals surface area contributed by atoms with Crippen LogP contribution in [-0.2, 0) is 9.84 Å². The summed E-state index contributed by atoms with van der Waals surface area (Å²) in [6.07, 6.45) is 7.20. The molecule has 0 aromatic rings. The van der Waals surface area contributed by atoms with Gasteiger partial charge in [0.15, 0.2) is 9.84 Å². The lowest BCUT2D eigenvalue weighted by Crippen LogP contribution is -2.41. The van der Waals surface area contributed by atoms with Gasteiger partial charge in [-0.25, -0.2) is 8.42 Å². The van der Waals surface area contributed by atoms with E-state index in [1.165, 1.54) is 32.1 Å². The standard InChI is InChI=1S/C12H23NO2S/c1-2-10-3-5-11(6-4-10)13-12-7-8-16(14,15)9-12/h10-13H,2-9H2,1H3/t10?,11?,12-/m0/s1. The summed E-state index contributed by atoms with van der Waals surface area (Å²) >= 11 is 0. The zero-order chi connectivity index (χ0) is 11.6. The molecule has 1 N–H and O–H groups in total. The Morgan fingerprint density at radius 1 is 1.06 bits per heavy atom. The molecule has 4 heteroatoms. The predicted octanol–water partition coefficient (Wildman–Crippen LogP) is 1.73. The average molecular weight is 245 g/mol. The summed E-state index contributed by atoms with van der Waals surface area (Å²) < 4.78 is 22.7. The van der Waals surface area contributed by atoms with Gasteiger partial charge in [0.1, 0.15) is 0 Å². The molecular weight excluding hydrogens is 222 g/mol. The van der Waals surface area contributed by atoms with Crippen molar-refractivity contribution in [3.63, 3.8) is 0 Å². The molecule has 1 aliphatic carbocycles. The summed E-state index contributed by atoms with van der Waals surface area (Å²) in [6.45, 7) is 2.27. The largest absolute Gasteiger partial charge is 0.310 e. The third-order valence-electron chi connectivity index (χ3n) is 4.13. The molecule has 2 fully saturated rings. The van der Waals surface area contributed by atoms with Crippen molar-refractivity contribution in [2.45, 2.75) is 57.5 Å². The number of hydrogen-bond donors (Lipinski definition) is 1. The smallest absolute Gasteiger partial charge is 0.151 e. The van der Waals surface area contributed by atoms with Gasteiger partial charge in [0, 0.05) is 12.1 Å². The summed E-state index contributed by atoms with van der Waals surface area (Å²) in [5.41, 5.74) is 0. The van der Waals surface area contributed by atoms with E-state index in [-0.39, 0.29) is 6.04 Å². The first-order chi connectivity index (χ1) is 7.59. The van der Waals surface area contributed by atoms with E-state index in [0.29, 0.717) is 17.5 Å². The molecule has 0 spiro atoms. The lowest BCUT2D eigenvalue weighted by atomic mass is 9.84. The number of nitrogens with one attached hydrogen (secondary N) is 1. The first-order valence-electron chi connectivity index (χ1n) is 6.55. The van der Waals surface area contributed by atoms with Gasteiger partial charge in [0.25, 0.3) is 0 Å². The Labute approximate surface area is 98.9 Å². The van der Waals surface area contributed by atoms with Gasteiger partial charge in [-0.2, -0.15) is 0 Å². The number of sulfone groups is 1. The zero-order valence-corrected chi connectivity index (χ0v) is 10.9. The van der Waals surface area contributed by atoms with E-state index in [0.717, 1.165) is 12.3 Å². The Bertz CT molecular complexity index is 318. The molecule has 0 amide bonds. The van der Waals surface area contributed by atoms with Crippen LogP contribution >= 0.6 is 0 Å². The van der Waals surface area contributed by atoms with E-state index in [4.69, 9.17) is 0 Å². The van der Waals surface area contributed by atoms with E-state index in [9.17, 15) is 8.42 Å². The van der Waals surface area contributed by atoms with Crippen LogP contribution in [0.25, 0.3) is 0 Å². The fourth-order valence-electron chi connectivity index (χ4n) is 3.00. The normalized spacial score (nSPS) is 38.7. The molecule has 16 heavy (non-hydrogen) atoms. The molecule has 1 atom stereocenters. The molecule has 0 unspecified atom stereocenters. The Morgan fingerprint density at radius 2 is 1.75 bits per heavy atom. The van der Waals surface area contributed by atoms with Crippen LogP contribution in [0.3, 0.4) is 0 Å². The quantitative estimate of drug-likeness (QED) is 0.823. The van der Waals surface area contributed by atoms with Gasteiger partial charge in [-0.3, -0.25) is 0 Å². The van der Waals surface area contributed by atoms with Crippen LogP contribution in [0.5, 0.6) is 0 Å². The molecule has 1 heterocycles. The van der Waals surface area contributed by atoms with Crippen LogP contribution in [0.1, 0.15) is 45.4 Å². The minimum Gasteiger partial charge on any atom is -0.310 e. The topological polar surface area (TPSA) is 46.2 Å². The molecular formula is C12H23NO2S. The SMILES string of the molecule is CCC1CCC(N[C@H]2CCS(=O)(=O)C2)CC1. The van der Waals surface area contributed by atoms with Crippen LogP contribution in [0.2, 0.25) is 0 Å². The molecule has 0 aromatic carbocycles. The molecule has 0 bridgehead atoms. The monoisotopic (exact) mass is 245 g/mol. The zero-order valence-electron chi connectivity index (χ0n) is 10.1. The maximum absolute atomic E-state index is 11.3. The fourth-order valence-corrected chi connectivity index (χ4v) is 4.68. The maximum atomic E-state index is 11.3. The second kappa shape index (κ2) is 5.05. The summed E-state index contributed by atoms with van der Waals surface area (Å²) in [7, 11) is -2.72. The summed E-state index contributed by atoms with van der Waals surface area (Å²) in [5.74, 6) is 1.65. The van der Waals surface area contributed by atoms with Crippen molar-refractivity contribution in [1.82, 2.24) is 5.32 Å². The van der Waals surface area contributed by atoms with Gasteiger partial charge in [0.05, 0.1) is 11.5 Å². The number of hydrogen-bond acceptors (Lipinski definition) is 3. The summed E-state index contributed by atoms with van der Waals surface area (Å²) in [4.78, 5) is 0. The highest BCUT2D eigenvalue weighted by Crippen LogP contribution is 2.27. The lowest BCUT2D eigenvalue weighted by Gasteiger charge is -2.30. The van der Waals surface area contributed by atoms with E-state index in [1.807, 2.05) is 0 Å².